The van der Waals surface area contributed by atoms with Gasteiger partial charge in [0.25, 0.3) is 5.91 Å². The second-order valence-electron chi connectivity index (χ2n) is 4.79. The van der Waals surface area contributed by atoms with E-state index in [9.17, 15) is 4.79 Å². The number of amides is 1. The molecule has 0 radical (unpaired) electrons. The van der Waals surface area contributed by atoms with Gasteiger partial charge in [-0.25, -0.2) is 0 Å². The molecule has 1 aliphatic carbocycles. The Balaban J connectivity index is 2.23. The maximum Gasteiger partial charge on any atom is 0.263 e. The molecule has 1 aromatic rings. The van der Waals surface area contributed by atoms with Crippen molar-refractivity contribution < 1.29 is 4.79 Å². The third-order valence-corrected chi connectivity index (χ3v) is 4.30. The van der Waals surface area contributed by atoms with Crippen LogP contribution in [0.15, 0.2) is 12.7 Å². The number of nitrogens with one attached hydrogen (secondary N) is 2. The van der Waals surface area contributed by atoms with Crippen molar-refractivity contribution >= 4 is 27.9 Å². The Bertz CT molecular complexity index is 477. The van der Waals surface area contributed by atoms with E-state index in [0.717, 1.165) is 23.5 Å². The number of nitrogen functional groups attached to an aromatic ring is 1. The number of nitrogens with two attached hydrogens (primary N) is 1. The summed E-state index contributed by atoms with van der Waals surface area (Å²) in [5.41, 5.74) is 7.99. The zero-order valence-electron chi connectivity index (χ0n) is 11.3. The summed E-state index contributed by atoms with van der Waals surface area (Å²) in [5.74, 6) is 0.436. The van der Waals surface area contributed by atoms with Crippen molar-refractivity contribution in [2.75, 3.05) is 24.1 Å². The third kappa shape index (κ3) is 3.10. The number of carbonyl (C=O) groups excluding carboxylic acids is 1. The number of carbonyl (C=O) groups is 1. The molecule has 1 saturated carbocycles. The molecular weight excluding hydrogens is 258 g/mol. The van der Waals surface area contributed by atoms with E-state index in [4.69, 9.17) is 5.73 Å². The first-order valence-electron chi connectivity index (χ1n) is 6.74. The van der Waals surface area contributed by atoms with E-state index >= 15 is 0 Å². The lowest BCUT2D eigenvalue weighted by atomic mass is 10.1. The van der Waals surface area contributed by atoms with Gasteiger partial charge in [-0.1, -0.05) is 13.0 Å². The molecule has 0 aromatic carbocycles. The van der Waals surface area contributed by atoms with Crippen LogP contribution in [0.1, 0.15) is 47.3 Å². The zero-order valence-corrected chi connectivity index (χ0v) is 12.1. The lowest BCUT2D eigenvalue weighted by Gasteiger charge is -2.05. The van der Waals surface area contributed by atoms with Crippen molar-refractivity contribution in [1.29, 1.82) is 0 Å². The molecule has 0 saturated heterocycles. The maximum atomic E-state index is 12.1. The minimum Gasteiger partial charge on any atom is -0.397 e. The second-order valence-corrected chi connectivity index (χ2v) is 5.81. The Hall–Kier alpha value is -1.49. The van der Waals surface area contributed by atoms with Gasteiger partial charge >= 0.3 is 0 Å². The summed E-state index contributed by atoms with van der Waals surface area (Å²) in [6.07, 6.45) is 5.07. The van der Waals surface area contributed by atoms with Crippen molar-refractivity contribution in [1.82, 2.24) is 5.32 Å². The maximum absolute atomic E-state index is 12.1. The van der Waals surface area contributed by atoms with E-state index in [1.807, 2.05) is 0 Å². The Kier molecular flexibility index (Phi) is 4.47. The smallest absolute Gasteiger partial charge is 0.263 e. The monoisotopic (exact) mass is 279 g/mol. The molecule has 0 spiro atoms. The number of rotatable bonds is 7. The minimum absolute atomic E-state index is 0.103. The van der Waals surface area contributed by atoms with Crippen LogP contribution in [0.4, 0.5) is 10.7 Å². The average molecular weight is 279 g/mol. The van der Waals surface area contributed by atoms with Gasteiger partial charge in [-0.05, 0) is 25.2 Å². The van der Waals surface area contributed by atoms with Gasteiger partial charge < -0.3 is 16.4 Å². The predicted octanol–water partition coefficient (Wildman–Crippen LogP) is 2.95. The molecule has 1 heterocycles. The lowest BCUT2D eigenvalue weighted by molar-refractivity contribution is 0.0963. The molecule has 0 aliphatic heterocycles. The first-order chi connectivity index (χ1) is 9.19. The van der Waals surface area contributed by atoms with Crippen molar-refractivity contribution in [3.05, 3.63) is 23.1 Å². The molecule has 4 nitrogen and oxygen atoms in total. The standard InChI is InChI=1S/C14H21N3OS/c1-3-7-16-13(18)12-11(15)10(9-5-6-9)14(19-12)17-8-4-2/h3,9,17H,1,4-8,15H2,2H3,(H,16,18). The molecule has 0 bridgehead atoms. The molecule has 4 N–H and O–H groups in total. The van der Waals surface area contributed by atoms with Gasteiger partial charge in [0.1, 0.15) is 4.88 Å². The highest BCUT2D eigenvalue weighted by Gasteiger charge is 2.32. The van der Waals surface area contributed by atoms with Gasteiger partial charge in [0, 0.05) is 18.7 Å². The molecule has 19 heavy (non-hydrogen) atoms. The van der Waals surface area contributed by atoms with Crippen LogP contribution in [0.5, 0.6) is 0 Å². The van der Waals surface area contributed by atoms with Crippen LogP contribution in [0, 0.1) is 0 Å². The fourth-order valence-electron chi connectivity index (χ4n) is 2.02. The number of hydrogen-bond acceptors (Lipinski definition) is 4. The highest BCUT2D eigenvalue weighted by atomic mass is 32.1. The molecule has 104 valence electrons. The first kappa shape index (κ1) is 13.9. The fourth-order valence-corrected chi connectivity index (χ4v) is 3.17. The number of anilines is 2. The molecule has 0 unspecified atom stereocenters. The van der Waals surface area contributed by atoms with Crippen molar-refractivity contribution in [2.45, 2.75) is 32.1 Å². The van der Waals surface area contributed by atoms with Gasteiger partial charge in [0.15, 0.2) is 0 Å². The van der Waals surface area contributed by atoms with Gasteiger partial charge in [-0.2, -0.15) is 0 Å². The van der Waals surface area contributed by atoms with Gasteiger partial charge in [-0.15, -0.1) is 17.9 Å². The Morgan fingerprint density at radius 1 is 1.58 bits per heavy atom. The van der Waals surface area contributed by atoms with E-state index in [0.29, 0.717) is 23.0 Å². The molecule has 1 fully saturated rings. The average Bonchev–Trinajstić information content (AvgIpc) is 3.18. The Morgan fingerprint density at radius 2 is 2.32 bits per heavy atom. The quantitative estimate of drug-likeness (QED) is 0.672. The lowest BCUT2D eigenvalue weighted by Crippen LogP contribution is -2.23. The fraction of sp³-hybridized carbons (Fsp3) is 0.500. The van der Waals surface area contributed by atoms with E-state index in [1.165, 1.54) is 24.2 Å². The zero-order chi connectivity index (χ0) is 13.8. The van der Waals surface area contributed by atoms with E-state index < -0.39 is 0 Å². The highest BCUT2D eigenvalue weighted by Crippen LogP contribution is 2.50. The van der Waals surface area contributed by atoms with Crippen LogP contribution in [-0.2, 0) is 0 Å². The van der Waals surface area contributed by atoms with Crippen LogP contribution in [-0.4, -0.2) is 19.0 Å². The normalized spacial score (nSPS) is 14.2. The number of hydrogen-bond donors (Lipinski definition) is 3. The molecule has 5 heteroatoms. The van der Waals surface area contributed by atoms with E-state index in [1.54, 1.807) is 6.08 Å². The van der Waals surface area contributed by atoms with Crippen LogP contribution in [0.25, 0.3) is 0 Å². The van der Waals surface area contributed by atoms with Gasteiger partial charge in [0.05, 0.1) is 10.7 Å². The van der Waals surface area contributed by atoms with E-state index in [-0.39, 0.29) is 5.91 Å². The third-order valence-electron chi connectivity index (χ3n) is 3.12. The summed E-state index contributed by atoms with van der Waals surface area (Å²) in [4.78, 5) is 12.7. The van der Waals surface area contributed by atoms with E-state index in [2.05, 4.69) is 24.1 Å². The summed E-state index contributed by atoms with van der Waals surface area (Å²) in [7, 11) is 0. The minimum atomic E-state index is -0.103. The highest BCUT2D eigenvalue weighted by molar-refractivity contribution is 7.18. The number of thiophene rings is 1. The molecule has 1 aromatic heterocycles. The SMILES string of the molecule is C=CCNC(=O)c1sc(NCCC)c(C2CC2)c1N. The molecule has 0 atom stereocenters. The second kappa shape index (κ2) is 6.10. The van der Waals surface area contributed by atoms with Crippen molar-refractivity contribution in [2.24, 2.45) is 0 Å². The van der Waals surface area contributed by atoms with Gasteiger partial charge in [-0.3, -0.25) is 4.79 Å². The molecule has 2 rings (SSSR count). The Morgan fingerprint density at radius 3 is 2.89 bits per heavy atom. The summed E-state index contributed by atoms with van der Waals surface area (Å²) in [6.45, 7) is 7.09. The molecule has 1 amide bonds. The van der Waals surface area contributed by atoms with Crippen LogP contribution in [0.2, 0.25) is 0 Å². The predicted molar refractivity (Wildman–Crippen MR) is 82.0 cm³/mol. The Labute approximate surface area is 118 Å². The summed E-state index contributed by atoms with van der Waals surface area (Å²) < 4.78 is 0. The largest absolute Gasteiger partial charge is 0.397 e. The van der Waals surface area contributed by atoms with Crippen molar-refractivity contribution in [3.63, 3.8) is 0 Å². The molecular formula is C14H21N3OS. The van der Waals surface area contributed by atoms with Crippen LogP contribution >= 0.6 is 11.3 Å². The van der Waals surface area contributed by atoms with Crippen molar-refractivity contribution in [3.8, 4) is 0 Å². The topological polar surface area (TPSA) is 67.2 Å². The summed E-state index contributed by atoms with van der Waals surface area (Å²) in [6, 6.07) is 0. The first-order valence-corrected chi connectivity index (χ1v) is 7.55. The van der Waals surface area contributed by atoms with Gasteiger partial charge in [0.2, 0.25) is 0 Å². The van der Waals surface area contributed by atoms with Crippen LogP contribution in [0.3, 0.4) is 0 Å². The van der Waals surface area contributed by atoms with Crippen LogP contribution < -0.4 is 16.4 Å². The summed E-state index contributed by atoms with van der Waals surface area (Å²) >= 11 is 1.47. The molecule has 1 aliphatic rings. The summed E-state index contributed by atoms with van der Waals surface area (Å²) in [5, 5.41) is 7.26.